The van der Waals surface area contributed by atoms with Crippen LogP contribution in [-0.2, 0) is 17.6 Å². The van der Waals surface area contributed by atoms with Crippen LogP contribution >= 0.6 is 0 Å². The van der Waals surface area contributed by atoms with Crippen molar-refractivity contribution >= 4 is 11.8 Å². The number of hydrogen-bond acceptors (Lipinski definition) is 7. The van der Waals surface area contributed by atoms with Gasteiger partial charge in [-0.15, -0.1) is 0 Å². The lowest BCUT2D eigenvalue weighted by Gasteiger charge is -2.38. The standard InChI is InChI=1S/C20H28N6O3/c1-14(2)11-19-23-18(24-29-19)6-10-26(15(3)27)16-5-4-9-25(13-16)20(28)17-12-21-7-8-22-17/h7-8,12,14,16H,4-6,9-11,13H2,1-3H3. The fourth-order valence-electron chi connectivity index (χ4n) is 3.61. The van der Waals surface area contributed by atoms with E-state index in [1.165, 1.54) is 18.6 Å². The number of likely N-dealkylation sites (tertiary alicyclic amines) is 1. The first-order chi connectivity index (χ1) is 13.9. The van der Waals surface area contributed by atoms with E-state index in [1.54, 1.807) is 11.8 Å². The molecule has 29 heavy (non-hydrogen) atoms. The zero-order valence-electron chi connectivity index (χ0n) is 17.2. The summed E-state index contributed by atoms with van der Waals surface area (Å²) < 4.78 is 5.28. The molecule has 0 spiro atoms. The maximum absolute atomic E-state index is 12.7. The summed E-state index contributed by atoms with van der Waals surface area (Å²) in [7, 11) is 0. The number of piperidine rings is 1. The molecule has 0 N–H and O–H groups in total. The van der Waals surface area contributed by atoms with Crippen molar-refractivity contribution in [1.29, 1.82) is 0 Å². The first kappa shape index (κ1) is 20.9. The minimum Gasteiger partial charge on any atom is -0.339 e. The first-order valence-corrected chi connectivity index (χ1v) is 10.1. The number of amides is 2. The van der Waals surface area contributed by atoms with E-state index in [0.29, 0.717) is 49.4 Å². The average molecular weight is 400 g/mol. The number of rotatable bonds is 7. The van der Waals surface area contributed by atoms with Crippen LogP contribution in [0.25, 0.3) is 0 Å². The number of aromatic nitrogens is 4. The molecule has 1 unspecified atom stereocenters. The minimum atomic E-state index is -0.150. The molecule has 2 amide bonds. The molecule has 9 heteroatoms. The van der Waals surface area contributed by atoms with E-state index in [2.05, 4.69) is 34.0 Å². The highest BCUT2D eigenvalue weighted by Gasteiger charge is 2.30. The molecule has 3 heterocycles. The average Bonchev–Trinajstić information content (AvgIpc) is 3.14. The van der Waals surface area contributed by atoms with E-state index in [9.17, 15) is 9.59 Å². The summed E-state index contributed by atoms with van der Waals surface area (Å²) in [6, 6.07) is -0.0380. The van der Waals surface area contributed by atoms with Gasteiger partial charge < -0.3 is 14.3 Å². The molecule has 0 bridgehead atoms. The van der Waals surface area contributed by atoms with Gasteiger partial charge in [0.2, 0.25) is 11.8 Å². The Hall–Kier alpha value is -2.84. The highest BCUT2D eigenvalue weighted by Crippen LogP contribution is 2.18. The Labute approximate surface area is 170 Å². The lowest BCUT2D eigenvalue weighted by atomic mass is 10.0. The molecule has 1 saturated heterocycles. The Bertz CT molecular complexity index is 823. The van der Waals surface area contributed by atoms with Crippen LogP contribution in [0.1, 0.15) is 55.8 Å². The molecule has 1 aliphatic rings. The number of carbonyl (C=O) groups excluding carboxylic acids is 2. The smallest absolute Gasteiger partial charge is 0.274 e. The molecular weight excluding hydrogens is 372 g/mol. The third-order valence-corrected chi connectivity index (χ3v) is 4.98. The molecular formula is C20H28N6O3. The van der Waals surface area contributed by atoms with Crippen molar-refractivity contribution in [2.75, 3.05) is 19.6 Å². The molecule has 0 aromatic carbocycles. The summed E-state index contributed by atoms with van der Waals surface area (Å²) in [5.74, 6) is 1.51. The number of nitrogens with zero attached hydrogens (tertiary/aromatic N) is 6. The van der Waals surface area contributed by atoms with Gasteiger partial charge in [-0.25, -0.2) is 4.98 Å². The Kier molecular flexibility index (Phi) is 6.90. The van der Waals surface area contributed by atoms with Crippen molar-refractivity contribution in [3.63, 3.8) is 0 Å². The van der Waals surface area contributed by atoms with Crippen LogP contribution in [0.2, 0.25) is 0 Å². The van der Waals surface area contributed by atoms with Gasteiger partial charge in [-0.2, -0.15) is 4.98 Å². The Morgan fingerprint density at radius 1 is 1.34 bits per heavy atom. The van der Waals surface area contributed by atoms with Crippen LogP contribution in [0.15, 0.2) is 23.1 Å². The van der Waals surface area contributed by atoms with Gasteiger partial charge in [0.1, 0.15) is 5.69 Å². The van der Waals surface area contributed by atoms with Gasteiger partial charge in [-0.05, 0) is 18.8 Å². The largest absolute Gasteiger partial charge is 0.339 e. The zero-order valence-corrected chi connectivity index (χ0v) is 17.2. The quantitative estimate of drug-likeness (QED) is 0.697. The Balaban J connectivity index is 1.61. The summed E-state index contributed by atoms with van der Waals surface area (Å²) in [6.45, 7) is 7.38. The molecule has 0 saturated carbocycles. The predicted octanol–water partition coefficient (Wildman–Crippen LogP) is 1.75. The maximum atomic E-state index is 12.7. The molecule has 1 aliphatic heterocycles. The van der Waals surface area contributed by atoms with Crippen molar-refractivity contribution < 1.29 is 14.1 Å². The Morgan fingerprint density at radius 3 is 2.86 bits per heavy atom. The monoisotopic (exact) mass is 400 g/mol. The summed E-state index contributed by atoms with van der Waals surface area (Å²) >= 11 is 0. The van der Waals surface area contributed by atoms with Gasteiger partial charge in [0.05, 0.1) is 6.20 Å². The second-order valence-corrected chi connectivity index (χ2v) is 7.80. The van der Waals surface area contributed by atoms with Crippen LogP contribution in [0.3, 0.4) is 0 Å². The molecule has 0 radical (unpaired) electrons. The van der Waals surface area contributed by atoms with E-state index in [0.717, 1.165) is 19.3 Å². The van der Waals surface area contributed by atoms with Crippen LogP contribution in [-0.4, -0.2) is 67.4 Å². The molecule has 1 atom stereocenters. The van der Waals surface area contributed by atoms with E-state index < -0.39 is 0 Å². The zero-order chi connectivity index (χ0) is 20.8. The van der Waals surface area contributed by atoms with Gasteiger partial charge in [0, 0.05) is 57.8 Å². The lowest BCUT2D eigenvalue weighted by molar-refractivity contribution is -0.132. The van der Waals surface area contributed by atoms with Crippen molar-refractivity contribution in [2.24, 2.45) is 5.92 Å². The van der Waals surface area contributed by atoms with Crippen LogP contribution < -0.4 is 0 Å². The molecule has 1 fully saturated rings. The third kappa shape index (κ3) is 5.58. The van der Waals surface area contributed by atoms with Crippen molar-refractivity contribution in [3.05, 3.63) is 36.0 Å². The van der Waals surface area contributed by atoms with Crippen molar-refractivity contribution in [1.82, 2.24) is 29.9 Å². The second-order valence-electron chi connectivity index (χ2n) is 7.80. The number of carbonyl (C=O) groups is 2. The van der Waals surface area contributed by atoms with Crippen LogP contribution in [0, 0.1) is 5.92 Å². The lowest BCUT2D eigenvalue weighted by Crippen LogP contribution is -2.51. The normalized spacial score (nSPS) is 16.8. The highest BCUT2D eigenvalue weighted by atomic mass is 16.5. The summed E-state index contributed by atoms with van der Waals surface area (Å²) in [6.07, 6.45) is 7.48. The van der Waals surface area contributed by atoms with Gasteiger partial charge in [-0.3, -0.25) is 14.6 Å². The van der Waals surface area contributed by atoms with E-state index in [4.69, 9.17) is 4.52 Å². The molecule has 2 aromatic rings. The minimum absolute atomic E-state index is 0.0188. The van der Waals surface area contributed by atoms with Crippen molar-refractivity contribution in [2.45, 2.75) is 52.5 Å². The SMILES string of the molecule is CC(=O)N(CCc1noc(CC(C)C)n1)C1CCCN(C(=O)c2cnccn2)C1. The maximum Gasteiger partial charge on any atom is 0.274 e. The van der Waals surface area contributed by atoms with Gasteiger partial charge in [0.25, 0.3) is 5.91 Å². The van der Waals surface area contributed by atoms with Crippen LogP contribution in [0.4, 0.5) is 0 Å². The fourth-order valence-corrected chi connectivity index (χ4v) is 3.61. The molecule has 3 rings (SSSR count). The molecule has 9 nitrogen and oxygen atoms in total. The summed E-state index contributed by atoms with van der Waals surface area (Å²) in [5, 5.41) is 4.02. The molecule has 2 aromatic heterocycles. The molecule has 156 valence electrons. The Morgan fingerprint density at radius 2 is 2.17 bits per heavy atom. The second kappa shape index (κ2) is 9.58. The first-order valence-electron chi connectivity index (χ1n) is 10.1. The van der Waals surface area contributed by atoms with Crippen molar-refractivity contribution in [3.8, 4) is 0 Å². The highest BCUT2D eigenvalue weighted by molar-refractivity contribution is 5.92. The van der Waals surface area contributed by atoms with Gasteiger partial charge >= 0.3 is 0 Å². The topological polar surface area (TPSA) is 105 Å². The molecule has 0 aliphatic carbocycles. The van der Waals surface area contributed by atoms with Crippen LogP contribution in [0.5, 0.6) is 0 Å². The van der Waals surface area contributed by atoms with Gasteiger partial charge in [0.15, 0.2) is 5.82 Å². The van der Waals surface area contributed by atoms with Gasteiger partial charge in [-0.1, -0.05) is 19.0 Å². The summed E-state index contributed by atoms with van der Waals surface area (Å²) in [5.41, 5.74) is 0.326. The van der Waals surface area contributed by atoms with E-state index in [1.807, 2.05) is 4.90 Å². The fraction of sp³-hybridized carbons (Fsp3) is 0.600. The predicted molar refractivity (Wildman–Crippen MR) is 105 cm³/mol. The summed E-state index contributed by atoms with van der Waals surface area (Å²) in [4.78, 5) is 41.0. The van der Waals surface area contributed by atoms with E-state index in [-0.39, 0.29) is 17.9 Å². The number of hydrogen-bond donors (Lipinski definition) is 0. The third-order valence-electron chi connectivity index (χ3n) is 4.98. The van der Waals surface area contributed by atoms with E-state index >= 15 is 0 Å².